The van der Waals surface area contributed by atoms with Gasteiger partial charge in [-0.2, -0.15) is 0 Å². The van der Waals surface area contributed by atoms with Gasteiger partial charge < -0.3 is 25.3 Å². The number of anilines is 1. The summed E-state index contributed by atoms with van der Waals surface area (Å²) in [6, 6.07) is 4.46. The van der Waals surface area contributed by atoms with E-state index in [1.807, 2.05) is 24.4 Å². The lowest BCUT2D eigenvalue weighted by Crippen LogP contribution is -2.48. The van der Waals surface area contributed by atoms with Gasteiger partial charge in [0.1, 0.15) is 17.4 Å². The van der Waals surface area contributed by atoms with Crippen molar-refractivity contribution in [2.24, 2.45) is 10.7 Å². The van der Waals surface area contributed by atoms with Crippen LogP contribution < -0.4 is 21.7 Å². The molecule has 2 fully saturated rings. The first-order valence-corrected chi connectivity index (χ1v) is 12.1. The fourth-order valence-corrected chi connectivity index (χ4v) is 4.48. The van der Waals surface area contributed by atoms with E-state index in [1.54, 1.807) is 21.9 Å². The molecule has 3 heterocycles. The summed E-state index contributed by atoms with van der Waals surface area (Å²) in [5.74, 6) is 0.380. The van der Waals surface area contributed by atoms with Gasteiger partial charge in [-0.3, -0.25) is 20.2 Å². The van der Waals surface area contributed by atoms with Crippen LogP contribution in [-0.4, -0.2) is 71.9 Å². The number of aliphatic imine (C=N–C) groups is 1. The molecule has 2 aliphatic rings. The molecule has 0 aliphatic carbocycles. The summed E-state index contributed by atoms with van der Waals surface area (Å²) >= 11 is 0. The lowest BCUT2D eigenvalue weighted by Gasteiger charge is -2.25. The third-order valence-corrected chi connectivity index (χ3v) is 6.19. The summed E-state index contributed by atoms with van der Waals surface area (Å²) < 4.78 is 5.60. The SMILES string of the molecule is Cc1cc2cc(NC(=NC3CCCCN(CC(=O)N4CCCC4)C3=O)NC(=O)NC(N)=O)ccc2o1. The quantitative estimate of drug-likeness (QED) is 0.372. The van der Waals surface area contributed by atoms with Crippen molar-refractivity contribution < 1.29 is 23.6 Å². The van der Waals surface area contributed by atoms with Gasteiger partial charge >= 0.3 is 12.1 Å². The fraction of sp³-hybridized carbons (Fsp3) is 0.458. The highest BCUT2D eigenvalue weighted by Gasteiger charge is 2.30. The third-order valence-electron chi connectivity index (χ3n) is 6.19. The first-order chi connectivity index (χ1) is 17.3. The van der Waals surface area contributed by atoms with E-state index < -0.39 is 18.1 Å². The van der Waals surface area contributed by atoms with Crippen molar-refractivity contribution in [3.8, 4) is 0 Å². The zero-order chi connectivity index (χ0) is 25.7. The lowest BCUT2D eigenvalue weighted by molar-refractivity contribution is -0.140. The second-order valence-electron chi connectivity index (χ2n) is 9.02. The number of guanidine groups is 1. The molecule has 36 heavy (non-hydrogen) atoms. The van der Waals surface area contributed by atoms with Gasteiger partial charge in [0.05, 0.1) is 6.54 Å². The van der Waals surface area contributed by atoms with E-state index >= 15 is 0 Å². The van der Waals surface area contributed by atoms with E-state index in [0.717, 1.165) is 49.9 Å². The molecule has 2 aromatic rings. The molecular formula is C24H31N7O5. The van der Waals surface area contributed by atoms with E-state index in [-0.39, 0.29) is 24.3 Å². The predicted molar refractivity (Wildman–Crippen MR) is 133 cm³/mol. The number of hydrogen-bond acceptors (Lipinski definition) is 6. The van der Waals surface area contributed by atoms with Crippen molar-refractivity contribution in [3.63, 3.8) is 0 Å². The summed E-state index contributed by atoms with van der Waals surface area (Å²) in [6.07, 6.45) is 3.89. The van der Waals surface area contributed by atoms with Crippen LogP contribution in [0.2, 0.25) is 0 Å². The molecule has 0 spiro atoms. The number of furan rings is 1. The van der Waals surface area contributed by atoms with E-state index in [2.05, 4.69) is 15.6 Å². The van der Waals surface area contributed by atoms with Gasteiger partial charge in [-0.1, -0.05) is 0 Å². The van der Waals surface area contributed by atoms with Crippen LogP contribution in [0.5, 0.6) is 0 Å². The maximum Gasteiger partial charge on any atom is 0.329 e. The van der Waals surface area contributed by atoms with Crippen LogP contribution in [0, 0.1) is 6.92 Å². The smallest absolute Gasteiger partial charge is 0.329 e. The summed E-state index contributed by atoms with van der Waals surface area (Å²) in [4.78, 5) is 57.2. The number of aryl methyl sites for hydroxylation is 1. The molecule has 6 amide bonds. The largest absolute Gasteiger partial charge is 0.461 e. The van der Waals surface area contributed by atoms with Crippen molar-refractivity contribution in [1.29, 1.82) is 0 Å². The van der Waals surface area contributed by atoms with Crippen LogP contribution in [0.3, 0.4) is 0 Å². The monoisotopic (exact) mass is 497 g/mol. The maximum atomic E-state index is 13.3. The Morgan fingerprint density at radius 1 is 1.08 bits per heavy atom. The van der Waals surface area contributed by atoms with E-state index in [9.17, 15) is 19.2 Å². The van der Waals surface area contributed by atoms with E-state index in [0.29, 0.717) is 24.2 Å². The zero-order valence-electron chi connectivity index (χ0n) is 20.2. The van der Waals surface area contributed by atoms with Crippen LogP contribution in [0.4, 0.5) is 15.3 Å². The predicted octanol–water partition coefficient (Wildman–Crippen LogP) is 1.89. The van der Waals surface area contributed by atoms with Gasteiger partial charge in [0.2, 0.25) is 17.8 Å². The number of nitrogens with two attached hydrogens (primary N) is 1. The van der Waals surface area contributed by atoms with Gasteiger partial charge in [-0.25, -0.2) is 14.6 Å². The Kier molecular flexibility index (Phi) is 7.71. The first kappa shape index (κ1) is 25.0. The zero-order valence-corrected chi connectivity index (χ0v) is 20.2. The highest BCUT2D eigenvalue weighted by atomic mass is 16.3. The number of carbonyl (C=O) groups excluding carboxylic acids is 4. The van der Waals surface area contributed by atoms with Gasteiger partial charge in [0.25, 0.3) is 0 Å². The summed E-state index contributed by atoms with van der Waals surface area (Å²) in [5.41, 5.74) is 6.34. The van der Waals surface area contributed by atoms with Crippen LogP contribution in [-0.2, 0) is 9.59 Å². The molecule has 1 aromatic carbocycles. The van der Waals surface area contributed by atoms with Crippen molar-refractivity contribution in [2.75, 3.05) is 31.5 Å². The van der Waals surface area contributed by atoms with Crippen LogP contribution in [0.1, 0.15) is 37.9 Å². The molecule has 0 saturated carbocycles. The fourth-order valence-electron chi connectivity index (χ4n) is 4.48. The standard InChI is InChI=1S/C24H31N7O5/c1-15-12-16-13-17(7-8-19(16)36-15)26-23(29-24(35)28-22(25)34)27-18-6-2-3-11-31(21(18)33)14-20(32)30-9-4-5-10-30/h7-8,12-13,18H,2-6,9-11,14H2,1H3,(H5,25,26,27,28,29,34,35). The molecule has 12 nitrogen and oxygen atoms in total. The Morgan fingerprint density at radius 2 is 1.83 bits per heavy atom. The number of benzene rings is 1. The van der Waals surface area contributed by atoms with Crippen LogP contribution >= 0.6 is 0 Å². The molecular weight excluding hydrogens is 466 g/mol. The summed E-state index contributed by atoms with van der Waals surface area (Å²) in [5, 5.41) is 8.24. The number of rotatable bonds is 4. The number of carbonyl (C=O) groups is 4. The minimum atomic E-state index is -1.03. The molecule has 12 heteroatoms. The number of primary amides is 1. The molecule has 1 atom stereocenters. The average Bonchev–Trinajstić information content (AvgIpc) is 3.44. The number of nitrogens with zero attached hydrogens (tertiary/aromatic N) is 3. The average molecular weight is 498 g/mol. The Morgan fingerprint density at radius 3 is 2.58 bits per heavy atom. The van der Waals surface area contributed by atoms with Crippen molar-refractivity contribution in [1.82, 2.24) is 20.4 Å². The minimum absolute atomic E-state index is 0.0136. The number of nitrogens with one attached hydrogen (secondary N) is 3. The van der Waals surface area contributed by atoms with Gasteiger partial charge in [-0.05, 0) is 63.3 Å². The minimum Gasteiger partial charge on any atom is -0.461 e. The molecule has 1 unspecified atom stereocenters. The number of amides is 6. The molecule has 2 aliphatic heterocycles. The molecule has 0 radical (unpaired) electrons. The highest BCUT2D eigenvalue weighted by molar-refractivity contribution is 6.08. The number of urea groups is 2. The van der Waals surface area contributed by atoms with Gasteiger partial charge in [-0.15, -0.1) is 0 Å². The van der Waals surface area contributed by atoms with Gasteiger partial charge in [0.15, 0.2) is 0 Å². The van der Waals surface area contributed by atoms with Gasteiger partial charge in [0, 0.05) is 30.7 Å². The Hall–Kier alpha value is -4.09. The topological polar surface area (TPSA) is 162 Å². The van der Waals surface area contributed by atoms with E-state index in [1.165, 1.54) is 0 Å². The number of hydrogen-bond donors (Lipinski definition) is 4. The molecule has 4 rings (SSSR count). The Balaban J connectivity index is 1.55. The maximum absolute atomic E-state index is 13.3. The lowest BCUT2D eigenvalue weighted by atomic mass is 10.1. The van der Waals surface area contributed by atoms with Crippen molar-refractivity contribution in [2.45, 2.75) is 45.1 Å². The molecule has 0 bridgehead atoms. The molecule has 1 aromatic heterocycles. The summed E-state index contributed by atoms with van der Waals surface area (Å²) in [6.45, 7) is 3.76. The second kappa shape index (κ2) is 11.1. The van der Waals surface area contributed by atoms with Crippen LogP contribution in [0.15, 0.2) is 33.7 Å². The van der Waals surface area contributed by atoms with Crippen LogP contribution in [0.25, 0.3) is 11.0 Å². The molecule has 2 saturated heterocycles. The number of likely N-dealkylation sites (tertiary alicyclic amines) is 2. The first-order valence-electron chi connectivity index (χ1n) is 12.1. The third kappa shape index (κ3) is 6.32. The Bertz CT molecular complexity index is 1180. The van der Waals surface area contributed by atoms with E-state index in [4.69, 9.17) is 10.2 Å². The molecule has 5 N–H and O–H groups in total. The number of imide groups is 1. The Labute approximate surface area is 208 Å². The van der Waals surface area contributed by atoms with Crippen molar-refractivity contribution in [3.05, 3.63) is 30.0 Å². The summed E-state index contributed by atoms with van der Waals surface area (Å²) in [7, 11) is 0. The second-order valence-corrected chi connectivity index (χ2v) is 9.02. The highest BCUT2D eigenvalue weighted by Crippen LogP contribution is 2.23. The van der Waals surface area contributed by atoms with Crippen molar-refractivity contribution >= 4 is 46.5 Å². The number of fused-ring (bicyclic) bond motifs is 1. The molecule has 192 valence electrons. The normalized spacial score (nSPS) is 18.8.